The molecular weight excluding hydrogens is 360 g/mol. The summed E-state index contributed by atoms with van der Waals surface area (Å²) >= 11 is 0. The lowest BCUT2D eigenvalue weighted by molar-refractivity contribution is -0.130. The Labute approximate surface area is 161 Å². The van der Waals surface area contributed by atoms with Gasteiger partial charge in [-0.15, -0.1) is 15.3 Å². The van der Waals surface area contributed by atoms with Crippen molar-refractivity contribution in [1.29, 1.82) is 0 Å². The smallest absolute Gasteiger partial charge is 0.265 e. The second-order valence-corrected chi connectivity index (χ2v) is 6.85. The van der Waals surface area contributed by atoms with E-state index >= 15 is 0 Å². The Hall–Kier alpha value is -3.36. The van der Waals surface area contributed by atoms with E-state index in [-0.39, 0.29) is 19.1 Å². The van der Waals surface area contributed by atoms with Crippen molar-refractivity contribution in [3.8, 4) is 11.5 Å². The fourth-order valence-electron chi connectivity index (χ4n) is 3.48. The minimum atomic E-state index is -0.706. The molecule has 1 aromatic carbocycles. The van der Waals surface area contributed by atoms with Crippen LogP contribution in [-0.2, 0) is 11.3 Å². The Morgan fingerprint density at radius 1 is 1.11 bits per heavy atom. The molecule has 0 spiro atoms. The number of carbonyl (C=O) groups is 1. The maximum Gasteiger partial charge on any atom is 0.265 e. The third-order valence-corrected chi connectivity index (χ3v) is 4.97. The molecule has 1 saturated heterocycles. The van der Waals surface area contributed by atoms with Crippen molar-refractivity contribution in [2.45, 2.75) is 25.5 Å². The van der Waals surface area contributed by atoms with Gasteiger partial charge in [0.1, 0.15) is 12.4 Å². The van der Waals surface area contributed by atoms with Crippen molar-refractivity contribution < 1.29 is 14.3 Å². The van der Waals surface area contributed by atoms with E-state index < -0.39 is 6.10 Å². The second-order valence-electron chi connectivity index (χ2n) is 6.85. The molecule has 0 bridgehead atoms. The highest BCUT2D eigenvalue weighted by Crippen LogP contribution is 2.30. The van der Waals surface area contributed by atoms with Gasteiger partial charge in [-0.1, -0.05) is 12.1 Å². The summed E-state index contributed by atoms with van der Waals surface area (Å²) in [6.07, 6.45) is 1.65. The van der Waals surface area contributed by atoms with Crippen LogP contribution in [0, 0.1) is 0 Å². The van der Waals surface area contributed by atoms with Crippen LogP contribution in [0.3, 0.4) is 0 Å². The molecule has 28 heavy (non-hydrogen) atoms. The molecule has 1 fully saturated rings. The molecule has 2 aromatic heterocycles. The van der Waals surface area contributed by atoms with Crippen LogP contribution in [0.1, 0.15) is 18.7 Å². The molecule has 1 N–H and O–H groups in total. The molecule has 2 aliphatic rings. The van der Waals surface area contributed by atoms with E-state index in [2.05, 4.69) is 25.5 Å². The molecule has 3 aromatic rings. The van der Waals surface area contributed by atoms with Crippen LogP contribution in [-0.4, -0.2) is 51.5 Å². The van der Waals surface area contributed by atoms with Gasteiger partial charge >= 0.3 is 0 Å². The summed E-state index contributed by atoms with van der Waals surface area (Å²) < 4.78 is 13.0. The molecule has 9 heteroatoms. The van der Waals surface area contributed by atoms with Crippen LogP contribution in [0.25, 0.3) is 5.65 Å². The average molecular weight is 380 g/mol. The molecule has 0 saturated carbocycles. The van der Waals surface area contributed by atoms with E-state index in [1.807, 2.05) is 30.3 Å². The number of para-hydroxylation sites is 2. The van der Waals surface area contributed by atoms with E-state index in [0.29, 0.717) is 23.0 Å². The molecule has 1 atom stereocenters. The quantitative estimate of drug-likeness (QED) is 0.726. The van der Waals surface area contributed by atoms with Crippen molar-refractivity contribution in [2.75, 3.05) is 24.6 Å². The molecule has 0 radical (unpaired) electrons. The predicted molar refractivity (Wildman–Crippen MR) is 100 cm³/mol. The summed E-state index contributed by atoms with van der Waals surface area (Å²) in [6.45, 7) is 2.39. The lowest BCUT2D eigenvalue weighted by Crippen LogP contribution is -2.43. The van der Waals surface area contributed by atoms with Crippen molar-refractivity contribution in [3.05, 3.63) is 42.2 Å². The number of carbonyl (C=O) groups excluding carboxylic acids is 1. The number of hydrogen-bond donors (Lipinski definition) is 1. The third kappa shape index (κ3) is 3.08. The Kier molecular flexibility index (Phi) is 4.19. The fraction of sp³-hybridized carbons (Fsp3) is 0.368. The molecule has 4 heterocycles. The number of nitrogens with one attached hydrogen (secondary N) is 1. The van der Waals surface area contributed by atoms with Crippen LogP contribution < -0.4 is 19.7 Å². The minimum absolute atomic E-state index is 0.167. The summed E-state index contributed by atoms with van der Waals surface area (Å²) in [5.41, 5.74) is 0.651. The first kappa shape index (κ1) is 16.8. The number of anilines is 1. The maximum absolute atomic E-state index is 12.5. The highest BCUT2D eigenvalue weighted by Gasteiger charge is 2.27. The van der Waals surface area contributed by atoms with E-state index in [1.165, 1.54) is 12.8 Å². The molecule has 5 rings (SSSR count). The number of aromatic nitrogens is 4. The molecule has 1 unspecified atom stereocenters. The largest absolute Gasteiger partial charge is 0.485 e. The average Bonchev–Trinajstić information content (AvgIpc) is 3.41. The zero-order chi connectivity index (χ0) is 18.9. The zero-order valence-electron chi connectivity index (χ0n) is 15.2. The summed E-state index contributed by atoms with van der Waals surface area (Å²) in [5.74, 6) is 2.42. The lowest BCUT2D eigenvalue weighted by Gasteiger charge is -2.25. The van der Waals surface area contributed by atoms with Gasteiger partial charge in [0.2, 0.25) is 6.10 Å². The molecule has 144 valence electrons. The van der Waals surface area contributed by atoms with Crippen molar-refractivity contribution in [2.24, 2.45) is 0 Å². The van der Waals surface area contributed by atoms with Crippen molar-refractivity contribution in [3.63, 3.8) is 0 Å². The maximum atomic E-state index is 12.5. The van der Waals surface area contributed by atoms with Crippen LogP contribution in [0.2, 0.25) is 0 Å². The van der Waals surface area contributed by atoms with Gasteiger partial charge in [0.15, 0.2) is 23.0 Å². The predicted octanol–water partition coefficient (Wildman–Crippen LogP) is 1.18. The summed E-state index contributed by atoms with van der Waals surface area (Å²) in [5, 5.41) is 15.8. The number of nitrogens with zero attached hydrogens (tertiary/aromatic N) is 5. The minimum Gasteiger partial charge on any atom is -0.485 e. The Morgan fingerprint density at radius 3 is 2.79 bits per heavy atom. The number of hydrogen-bond acceptors (Lipinski definition) is 7. The van der Waals surface area contributed by atoms with Crippen molar-refractivity contribution >= 4 is 17.4 Å². The number of rotatable bonds is 4. The monoisotopic (exact) mass is 380 g/mol. The van der Waals surface area contributed by atoms with Gasteiger partial charge in [-0.05, 0) is 37.1 Å². The van der Waals surface area contributed by atoms with Gasteiger partial charge < -0.3 is 19.7 Å². The Balaban J connectivity index is 1.28. The Bertz CT molecular complexity index is 1010. The van der Waals surface area contributed by atoms with Crippen LogP contribution in [0.15, 0.2) is 36.4 Å². The molecule has 0 aliphatic carbocycles. The van der Waals surface area contributed by atoms with E-state index in [1.54, 1.807) is 10.6 Å². The highest BCUT2D eigenvalue weighted by molar-refractivity contribution is 5.81. The molecular formula is C19H20N6O3. The third-order valence-electron chi connectivity index (χ3n) is 4.97. The SMILES string of the molecule is O=C(NCc1nnc2ccc(N3CCCC3)nn12)C1COc2ccccc2O1. The van der Waals surface area contributed by atoms with Crippen LogP contribution >= 0.6 is 0 Å². The lowest BCUT2D eigenvalue weighted by atomic mass is 10.2. The fourth-order valence-corrected chi connectivity index (χ4v) is 3.48. The highest BCUT2D eigenvalue weighted by atomic mass is 16.6. The number of ether oxygens (including phenoxy) is 2. The summed E-state index contributed by atoms with van der Waals surface area (Å²) in [6, 6.07) is 11.2. The van der Waals surface area contributed by atoms with Gasteiger partial charge in [-0.3, -0.25) is 4.79 Å². The van der Waals surface area contributed by atoms with Crippen LogP contribution in [0.4, 0.5) is 5.82 Å². The van der Waals surface area contributed by atoms with Crippen molar-refractivity contribution in [1.82, 2.24) is 25.1 Å². The first-order valence-corrected chi connectivity index (χ1v) is 9.40. The van der Waals surface area contributed by atoms with Crippen LogP contribution in [0.5, 0.6) is 11.5 Å². The first-order chi connectivity index (χ1) is 13.8. The Morgan fingerprint density at radius 2 is 1.93 bits per heavy atom. The van der Waals surface area contributed by atoms with E-state index in [4.69, 9.17) is 9.47 Å². The summed E-state index contributed by atoms with van der Waals surface area (Å²) in [7, 11) is 0. The number of fused-ring (bicyclic) bond motifs is 2. The first-order valence-electron chi connectivity index (χ1n) is 9.40. The normalized spacial score (nSPS) is 18.4. The molecule has 1 amide bonds. The standard InChI is InChI=1S/C19H20N6O3/c26-19(15-12-27-13-5-1-2-6-14(13)28-15)20-11-18-22-21-16-7-8-17(23-25(16)18)24-9-3-4-10-24/h1-2,5-8,15H,3-4,9-12H2,(H,20,26). The van der Waals surface area contributed by atoms with Gasteiger partial charge in [-0.25, -0.2) is 0 Å². The zero-order valence-corrected chi connectivity index (χ0v) is 15.2. The summed E-state index contributed by atoms with van der Waals surface area (Å²) in [4.78, 5) is 14.8. The van der Waals surface area contributed by atoms with E-state index in [0.717, 1.165) is 18.9 Å². The van der Waals surface area contributed by atoms with Gasteiger partial charge in [0, 0.05) is 13.1 Å². The van der Waals surface area contributed by atoms with Gasteiger partial charge in [0.25, 0.3) is 5.91 Å². The molecule has 2 aliphatic heterocycles. The molecule has 9 nitrogen and oxygen atoms in total. The topological polar surface area (TPSA) is 93.9 Å². The second kappa shape index (κ2) is 6.99. The van der Waals surface area contributed by atoms with Gasteiger partial charge in [0.05, 0.1) is 6.54 Å². The number of amides is 1. The van der Waals surface area contributed by atoms with Gasteiger partial charge in [-0.2, -0.15) is 4.52 Å². The van der Waals surface area contributed by atoms with E-state index in [9.17, 15) is 4.79 Å². The number of benzene rings is 1.